The second kappa shape index (κ2) is 25.3. The highest BCUT2D eigenvalue weighted by Gasteiger charge is 2.02. The van der Waals surface area contributed by atoms with Crippen molar-refractivity contribution in [3.05, 3.63) is 29.3 Å². The van der Waals surface area contributed by atoms with Gasteiger partial charge in [0, 0.05) is 95.7 Å². The van der Waals surface area contributed by atoms with Crippen LogP contribution in [0.5, 0.6) is 5.75 Å². The third-order valence-corrected chi connectivity index (χ3v) is 1.89. The van der Waals surface area contributed by atoms with Crippen LogP contribution in [0.25, 0.3) is 0 Å². The smallest absolute Gasteiger partial charge is 0.168 e. The van der Waals surface area contributed by atoms with E-state index >= 15 is 0 Å². The third kappa shape index (κ3) is 22.4. The first-order valence-corrected chi connectivity index (χ1v) is 7.11. The van der Waals surface area contributed by atoms with Gasteiger partial charge in [0.15, 0.2) is 5.75 Å². The molecule has 204 valence electrons. The fourth-order valence-corrected chi connectivity index (χ4v) is 0.943. The van der Waals surface area contributed by atoms with E-state index in [0.29, 0.717) is 5.02 Å². The largest absolute Gasteiger partial charge is 0.306 e. The van der Waals surface area contributed by atoms with E-state index < -0.39 is 0 Å². The van der Waals surface area contributed by atoms with Crippen LogP contribution < -0.4 is 4.89 Å². The molecule has 0 radical (unpaired) electrons. The molecule has 1 aromatic carbocycles. The molecule has 1 N–H and O–H groups in total. The van der Waals surface area contributed by atoms with E-state index in [1.54, 1.807) is 0 Å². The highest BCUT2D eigenvalue weighted by Crippen LogP contribution is 2.15. The topological polar surface area (TPSA) is 269 Å². The van der Waals surface area contributed by atoms with Crippen molar-refractivity contribution >= 4 is 11.6 Å². The van der Waals surface area contributed by atoms with E-state index in [1.807, 2.05) is 0 Å². The van der Waals surface area contributed by atoms with Crippen molar-refractivity contribution < 1.29 is 141 Å². The van der Waals surface area contributed by atoms with Crippen molar-refractivity contribution in [2.24, 2.45) is 0 Å². The van der Waals surface area contributed by atoms with Crippen molar-refractivity contribution in [1.82, 2.24) is 0 Å². The lowest BCUT2D eigenvalue weighted by molar-refractivity contribution is -0.903. The van der Waals surface area contributed by atoms with Gasteiger partial charge >= 0.3 is 0 Å². The molecule has 29 heteroatoms. The zero-order chi connectivity index (χ0) is 25.1. The normalized spacial score (nSPS) is 11.3. The Kier molecular flexibility index (Phi) is 22.6. The molecule has 0 aliphatic heterocycles. The van der Waals surface area contributed by atoms with Gasteiger partial charge in [-0.25, -0.2) is 5.26 Å². The van der Waals surface area contributed by atoms with Gasteiger partial charge in [-0.3, -0.25) is 0 Å². The first kappa shape index (κ1) is 31.3. The quantitative estimate of drug-likeness (QED) is 0.0866. The van der Waals surface area contributed by atoms with E-state index in [2.05, 4.69) is 136 Å². The van der Waals surface area contributed by atoms with Crippen LogP contribution in [0.4, 0.5) is 0 Å². The molecule has 0 aliphatic carbocycles. The van der Waals surface area contributed by atoms with Gasteiger partial charge in [-0.15, -0.1) is 0 Å². The number of hydrogen-bond donors (Lipinski definition) is 1. The number of halogens is 1. The minimum Gasteiger partial charge on any atom is -0.306 e. The Bertz CT molecular complexity index is 543. The summed E-state index contributed by atoms with van der Waals surface area (Å²) in [5, 5.41) is 99.7. The van der Waals surface area contributed by atoms with E-state index in [9.17, 15) is 0 Å². The van der Waals surface area contributed by atoms with Gasteiger partial charge in [-0.2, -0.15) is 0 Å². The molecule has 35 heavy (non-hydrogen) atoms. The van der Waals surface area contributed by atoms with Gasteiger partial charge in [0.25, 0.3) is 0 Å². The van der Waals surface area contributed by atoms with Crippen LogP contribution in [0, 0.1) is 0 Å². The van der Waals surface area contributed by atoms with Crippen LogP contribution in [0.15, 0.2) is 24.3 Å². The average Bonchev–Trinajstić information content (AvgIpc) is 2.87. The second-order valence-corrected chi connectivity index (χ2v) is 3.75. The van der Waals surface area contributed by atoms with Crippen LogP contribution in [0.2, 0.25) is 5.02 Å². The Morgan fingerprint density at radius 3 is 0.914 bits per heavy atom. The maximum Gasteiger partial charge on any atom is 0.168 e. The predicted molar refractivity (Wildman–Crippen MR) is 62.9 cm³/mol. The fraction of sp³-hybridized carbons (Fsp3) is 0. The minimum absolute atomic E-state index is 0.205. The standard InChI is InChI=1S/C6H5ClO28/c7-5-1-3-6(4-2-5)9-11-13-15-17-19-21-23-25-27-29-31-33-35-34-32-30-28-26-24-22-20-18-16-14-12-10-8/h1-4,8H. The van der Waals surface area contributed by atoms with E-state index in [4.69, 9.17) is 16.9 Å². The highest BCUT2D eigenvalue weighted by atomic mass is 35.5. The summed E-state index contributed by atoms with van der Waals surface area (Å²) in [6.07, 6.45) is 0. The lowest BCUT2D eigenvalue weighted by atomic mass is 10.3. The summed E-state index contributed by atoms with van der Waals surface area (Å²) in [5.41, 5.74) is 0. The highest BCUT2D eigenvalue weighted by molar-refractivity contribution is 6.30. The van der Waals surface area contributed by atoms with Gasteiger partial charge in [0.1, 0.15) is 0 Å². The summed E-state index contributed by atoms with van der Waals surface area (Å²) in [4.78, 5) is 4.53. The molecular formula is C6H5ClO28. The van der Waals surface area contributed by atoms with E-state index in [0.717, 1.165) is 0 Å². The Morgan fingerprint density at radius 2 is 0.629 bits per heavy atom. The Labute approximate surface area is 189 Å². The molecule has 1 aromatic rings. The maximum absolute atomic E-state index is 7.55. The summed E-state index contributed by atoms with van der Waals surface area (Å²) in [5.74, 6) is 0.205. The molecule has 0 unspecified atom stereocenters. The third-order valence-electron chi connectivity index (χ3n) is 1.64. The molecule has 0 amide bonds. The molecule has 0 aromatic heterocycles. The molecule has 28 nitrogen and oxygen atoms in total. The van der Waals surface area contributed by atoms with Crippen molar-refractivity contribution in [2.75, 3.05) is 0 Å². The Hall–Kier alpha value is -1.77. The number of rotatable bonds is 27. The lowest BCUT2D eigenvalue weighted by Gasteiger charge is -2.01. The maximum atomic E-state index is 7.55. The Balaban J connectivity index is 1.65. The van der Waals surface area contributed by atoms with Gasteiger partial charge in [0.05, 0.1) is 0 Å². The molecule has 0 saturated carbocycles. The summed E-state index contributed by atoms with van der Waals surface area (Å²) in [7, 11) is 0. The molecular weight excluding hydrogens is 555 g/mol. The van der Waals surface area contributed by atoms with Crippen molar-refractivity contribution in [3.63, 3.8) is 0 Å². The zero-order valence-electron chi connectivity index (χ0n) is 15.2. The second-order valence-electron chi connectivity index (χ2n) is 3.31. The molecule has 1 rings (SSSR count). The first-order chi connectivity index (χ1) is 17.3. The lowest BCUT2D eigenvalue weighted by Crippen LogP contribution is -2.06. The summed E-state index contributed by atoms with van der Waals surface area (Å²) >= 11 is 5.64. The SMILES string of the molecule is OOOOOOOOOOOOOOOOOOOOOOOOOOOOc1ccc(Cl)cc1. The van der Waals surface area contributed by atoms with Crippen molar-refractivity contribution in [2.45, 2.75) is 0 Å². The van der Waals surface area contributed by atoms with E-state index in [-0.39, 0.29) is 5.75 Å². The predicted octanol–water partition coefficient (Wildman–Crippen LogP) is 0.413. The van der Waals surface area contributed by atoms with Crippen LogP contribution in [-0.4, -0.2) is 5.26 Å². The van der Waals surface area contributed by atoms with Gasteiger partial charge in [0.2, 0.25) is 0 Å². The minimum atomic E-state index is 0.205. The summed E-state index contributed by atoms with van der Waals surface area (Å²) < 4.78 is 0. The van der Waals surface area contributed by atoms with Crippen molar-refractivity contribution in [1.29, 1.82) is 0 Å². The van der Waals surface area contributed by atoms with Crippen LogP contribution in [0.1, 0.15) is 0 Å². The number of hydrogen-bond acceptors (Lipinski definition) is 28. The molecule has 0 fully saturated rings. The van der Waals surface area contributed by atoms with Gasteiger partial charge in [-0.1, -0.05) is 11.6 Å². The average molecular weight is 561 g/mol. The molecule has 0 bridgehead atoms. The molecule has 0 spiro atoms. The molecule has 0 atom stereocenters. The summed E-state index contributed by atoms with van der Waals surface area (Å²) in [6, 6.07) is 5.90. The van der Waals surface area contributed by atoms with Crippen LogP contribution in [0.3, 0.4) is 0 Å². The molecule has 0 heterocycles. The van der Waals surface area contributed by atoms with Crippen molar-refractivity contribution in [3.8, 4) is 5.75 Å². The van der Waals surface area contributed by atoms with E-state index in [1.165, 1.54) is 24.3 Å². The first-order valence-electron chi connectivity index (χ1n) is 6.73. The fourth-order valence-electron chi connectivity index (χ4n) is 0.817. The zero-order valence-corrected chi connectivity index (χ0v) is 15.9. The number of benzene rings is 1. The Morgan fingerprint density at radius 1 is 0.371 bits per heavy atom. The van der Waals surface area contributed by atoms with Crippen LogP contribution >= 0.6 is 11.6 Å². The molecule has 0 saturated heterocycles. The van der Waals surface area contributed by atoms with Gasteiger partial charge < -0.3 is 4.89 Å². The summed E-state index contributed by atoms with van der Waals surface area (Å²) in [6.45, 7) is 0. The van der Waals surface area contributed by atoms with Gasteiger partial charge in [-0.05, 0) is 64.6 Å². The molecule has 0 aliphatic rings. The monoisotopic (exact) mass is 560 g/mol. The van der Waals surface area contributed by atoms with Crippen LogP contribution in [-0.2, 0) is 131 Å².